The van der Waals surface area contributed by atoms with Gasteiger partial charge in [0.2, 0.25) is 11.6 Å². The first-order valence-electron chi connectivity index (χ1n) is 15.8. The average Bonchev–Trinajstić information content (AvgIpc) is 3.22. The summed E-state index contributed by atoms with van der Waals surface area (Å²) in [5.74, 6) is 4.80. The van der Waals surface area contributed by atoms with Crippen LogP contribution in [0.4, 0.5) is 0 Å². The van der Waals surface area contributed by atoms with E-state index in [0.29, 0.717) is 22.8 Å². The molecule has 0 aliphatic rings. The zero-order chi connectivity index (χ0) is 38.5. The number of hydrogen-bond donors (Lipinski definition) is 2. The van der Waals surface area contributed by atoms with Gasteiger partial charge in [0.15, 0.2) is 11.7 Å². The third-order valence-electron chi connectivity index (χ3n) is 7.36. The minimum absolute atomic E-state index is 0.299. The van der Waals surface area contributed by atoms with Crippen molar-refractivity contribution >= 4 is 81.1 Å². The summed E-state index contributed by atoms with van der Waals surface area (Å²) in [6, 6.07) is 36.8. The normalized spacial score (nSPS) is 10.6. The lowest BCUT2D eigenvalue weighted by molar-refractivity contribution is 0.0817. The summed E-state index contributed by atoms with van der Waals surface area (Å²) in [6.45, 7) is 0. The van der Waals surface area contributed by atoms with Crippen LogP contribution in [-0.2, 0) is 0 Å². The van der Waals surface area contributed by atoms with E-state index in [0.717, 1.165) is 51.5 Å². The molecule has 3 aromatic heterocycles. The number of aromatic nitrogens is 5. The van der Waals surface area contributed by atoms with E-state index in [9.17, 15) is 9.59 Å². The Morgan fingerprint density at radius 3 is 1.37 bits per heavy atom. The number of rotatable bonds is 7. The second-order valence-electron chi connectivity index (χ2n) is 11.0. The van der Waals surface area contributed by atoms with Gasteiger partial charge in [-0.15, -0.1) is 10.2 Å². The van der Waals surface area contributed by atoms with Gasteiger partial charge in [-0.05, 0) is 97.1 Å². The van der Waals surface area contributed by atoms with Crippen molar-refractivity contribution in [3.63, 3.8) is 0 Å². The van der Waals surface area contributed by atoms with E-state index in [2.05, 4.69) is 89.0 Å². The molecule has 10 nitrogen and oxygen atoms in total. The van der Waals surface area contributed by atoms with E-state index in [1.807, 2.05) is 60.7 Å². The number of benzene rings is 4. The quantitative estimate of drug-likeness (QED) is 0.0396. The monoisotopic (exact) mass is 968 g/mol. The van der Waals surface area contributed by atoms with Crippen LogP contribution in [0.5, 0.6) is 0 Å². The molecule has 0 atom stereocenters. The van der Waals surface area contributed by atoms with Gasteiger partial charge in [-0.2, -0.15) is 5.10 Å². The summed E-state index contributed by atoms with van der Waals surface area (Å²) in [7, 11) is 0. The molecule has 0 unspecified atom stereocenters. The molecule has 0 bridgehead atoms. The van der Waals surface area contributed by atoms with Gasteiger partial charge < -0.3 is 11.6 Å². The molecule has 7 rings (SSSR count). The maximum atomic E-state index is 12.0. The summed E-state index contributed by atoms with van der Waals surface area (Å²) in [5, 5.41) is 12.1. The molecule has 268 valence electrons. The maximum Gasteiger partial charge on any atom is 0.233 e. The molecular weight excluding hydrogens is 944 g/mol. The van der Waals surface area contributed by atoms with E-state index in [-0.39, 0.29) is 0 Å². The van der Waals surface area contributed by atoms with Crippen LogP contribution in [0.25, 0.3) is 33.9 Å². The van der Waals surface area contributed by atoms with Gasteiger partial charge in [-0.3, -0.25) is 19.6 Å². The van der Waals surface area contributed by atoms with Crippen molar-refractivity contribution in [3.05, 3.63) is 181 Å². The zero-order valence-electron chi connectivity index (χ0n) is 28.0. The molecule has 4 N–H and O–H groups in total. The number of halogens is 4. The standard InChI is InChI=1S/C20H12Br2N4.C14H8Br2O2.C6H8N4/c21-16-7-3-13(4-8-16)18-19(14-5-9-17(22)10-6-14)25-26-20(24-18)15-2-1-11-23-12-15;15-11-5-1-9(2-6-11)13(17)14(18)10-3-7-12(16)8-4-10;7-6(10-8)5-2-1-3-9-4-5/h1-12H;1-8H;1-4H,8H2,(H2,7,10). The van der Waals surface area contributed by atoms with Gasteiger partial charge in [0.05, 0.1) is 0 Å². The Morgan fingerprint density at radius 2 is 0.944 bits per heavy atom. The Morgan fingerprint density at radius 1 is 0.500 bits per heavy atom. The van der Waals surface area contributed by atoms with Gasteiger partial charge in [0, 0.05) is 76.1 Å². The molecule has 7 aromatic rings. The second kappa shape index (κ2) is 19.7. The van der Waals surface area contributed by atoms with E-state index < -0.39 is 11.6 Å². The maximum absolute atomic E-state index is 12.0. The van der Waals surface area contributed by atoms with Gasteiger partial charge >= 0.3 is 0 Å². The van der Waals surface area contributed by atoms with E-state index in [1.54, 1.807) is 85.5 Å². The first kappa shape index (κ1) is 39.9. The molecular formula is C40H28Br4N8O2. The first-order chi connectivity index (χ1) is 26.1. The summed E-state index contributed by atoms with van der Waals surface area (Å²) >= 11 is 13.5. The van der Waals surface area contributed by atoms with Gasteiger partial charge in [0.25, 0.3) is 0 Å². The summed E-state index contributed by atoms with van der Waals surface area (Å²) in [6.07, 6.45) is 6.73. The van der Waals surface area contributed by atoms with Crippen LogP contribution in [0.2, 0.25) is 0 Å². The molecule has 0 saturated carbocycles. The predicted molar refractivity (Wildman–Crippen MR) is 225 cm³/mol. The van der Waals surface area contributed by atoms with Gasteiger partial charge in [-0.25, -0.2) is 4.98 Å². The highest BCUT2D eigenvalue weighted by atomic mass is 79.9. The number of carbonyl (C=O) groups excluding carboxylic acids is 2. The second-order valence-corrected chi connectivity index (χ2v) is 14.7. The number of hydrogen-bond acceptors (Lipinski definition) is 9. The lowest BCUT2D eigenvalue weighted by atomic mass is 10.0. The van der Waals surface area contributed by atoms with Crippen molar-refractivity contribution in [3.8, 4) is 33.9 Å². The van der Waals surface area contributed by atoms with Crippen LogP contribution >= 0.6 is 63.7 Å². The third kappa shape index (κ3) is 11.1. The molecule has 4 aromatic carbocycles. The third-order valence-corrected chi connectivity index (χ3v) is 9.47. The summed E-state index contributed by atoms with van der Waals surface area (Å²) in [5.41, 5.74) is 11.2. The SMILES string of the molecule is Brc1ccc(-c2nnc(-c3cccnc3)nc2-c2ccc(Br)cc2)cc1.N/N=C(\N)c1cccnc1.O=C(C(=O)c1ccc(Br)cc1)c1ccc(Br)cc1. The van der Waals surface area contributed by atoms with Crippen LogP contribution in [0.15, 0.2) is 169 Å². The van der Waals surface area contributed by atoms with E-state index in [1.165, 1.54) is 0 Å². The highest BCUT2D eigenvalue weighted by Gasteiger charge is 2.18. The number of nitrogens with zero attached hydrogens (tertiary/aromatic N) is 6. The molecule has 0 spiro atoms. The van der Waals surface area contributed by atoms with Crippen LogP contribution < -0.4 is 11.6 Å². The topological polar surface area (TPSA) is 163 Å². The highest BCUT2D eigenvalue weighted by molar-refractivity contribution is 9.11. The molecule has 0 amide bonds. The Hall–Kier alpha value is -5.28. The number of hydrazone groups is 1. The smallest absolute Gasteiger partial charge is 0.233 e. The van der Waals surface area contributed by atoms with Crippen molar-refractivity contribution < 1.29 is 9.59 Å². The Labute approximate surface area is 344 Å². The number of Topliss-reactive ketones (excluding diaryl/α,β-unsaturated/α-hetero) is 2. The van der Waals surface area contributed by atoms with Crippen molar-refractivity contribution in [2.45, 2.75) is 0 Å². The van der Waals surface area contributed by atoms with Crippen LogP contribution in [-0.4, -0.2) is 42.6 Å². The number of amidine groups is 1. The average molecular weight is 972 g/mol. The van der Waals surface area contributed by atoms with Crippen LogP contribution in [0.1, 0.15) is 26.3 Å². The van der Waals surface area contributed by atoms with Crippen LogP contribution in [0.3, 0.4) is 0 Å². The largest absolute Gasteiger partial charge is 0.382 e. The molecule has 0 aliphatic heterocycles. The van der Waals surface area contributed by atoms with Crippen molar-refractivity contribution in [2.24, 2.45) is 16.7 Å². The van der Waals surface area contributed by atoms with Gasteiger partial charge in [0.1, 0.15) is 11.4 Å². The zero-order valence-corrected chi connectivity index (χ0v) is 34.4. The minimum Gasteiger partial charge on any atom is -0.382 e. The lowest BCUT2D eigenvalue weighted by Gasteiger charge is -2.10. The van der Waals surface area contributed by atoms with Gasteiger partial charge in [-0.1, -0.05) is 88.0 Å². The van der Waals surface area contributed by atoms with Crippen molar-refractivity contribution in [1.82, 2.24) is 25.1 Å². The molecule has 0 aliphatic carbocycles. The van der Waals surface area contributed by atoms with E-state index in [4.69, 9.17) is 16.6 Å². The molecule has 0 fully saturated rings. The molecule has 0 radical (unpaired) electrons. The molecule has 0 saturated heterocycles. The Kier molecular flexibility index (Phi) is 14.6. The fourth-order valence-corrected chi connectivity index (χ4v) is 5.67. The molecule has 14 heteroatoms. The fraction of sp³-hybridized carbons (Fsp3) is 0. The molecule has 3 heterocycles. The van der Waals surface area contributed by atoms with Crippen molar-refractivity contribution in [1.29, 1.82) is 0 Å². The summed E-state index contributed by atoms with van der Waals surface area (Å²) < 4.78 is 3.77. The summed E-state index contributed by atoms with van der Waals surface area (Å²) in [4.78, 5) is 36.7. The number of carbonyl (C=O) groups is 2. The van der Waals surface area contributed by atoms with Crippen LogP contribution in [0, 0.1) is 0 Å². The van der Waals surface area contributed by atoms with Crippen molar-refractivity contribution in [2.75, 3.05) is 0 Å². The Bertz CT molecular complexity index is 2290. The predicted octanol–water partition coefficient (Wildman–Crippen LogP) is 9.73. The fourth-order valence-electron chi connectivity index (χ4n) is 4.61. The number of ketones is 2. The molecule has 54 heavy (non-hydrogen) atoms. The highest BCUT2D eigenvalue weighted by Crippen LogP contribution is 2.31. The van der Waals surface area contributed by atoms with E-state index >= 15 is 0 Å². The number of pyridine rings is 2. The number of nitrogens with two attached hydrogens (primary N) is 2. The minimum atomic E-state index is -0.496. The lowest BCUT2D eigenvalue weighted by Crippen LogP contribution is -2.15. The Balaban J connectivity index is 0.000000173. The first-order valence-corrected chi connectivity index (χ1v) is 19.0.